The fraction of sp³-hybridized carbons (Fsp3) is 0.667. The summed E-state index contributed by atoms with van der Waals surface area (Å²) in [6.45, 7) is 7.60. The molecular formula is C9H16IN. The second-order valence-corrected chi connectivity index (χ2v) is 6.52. The van der Waals surface area contributed by atoms with Gasteiger partial charge in [-0.3, -0.25) is 0 Å². The molecule has 1 nitrogen and oxygen atoms in total. The van der Waals surface area contributed by atoms with E-state index in [1.165, 1.54) is 10.0 Å². The fourth-order valence-corrected chi connectivity index (χ4v) is 4.01. The molecule has 0 radical (unpaired) electrons. The van der Waals surface area contributed by atoms with Crippen molar-refractivity contribution >= 4 is 24.2 Å². The Morgan fingerprint density at radius 2 is 2.27 bits per heavy atom. The normalized spacial score (nSPS) is 23.3. The van der Waals surface area contributed by atoms with Gasteiger partial charge in [-0.1, -0.05) is 19.9 Å². The number of nitrogens with two attached hydrogens (primary N) is 1. The van der Waals surface area contributed by atoms with E-state index in [4.69, 9.17) is 5.73 Å². The maximum atomic E-state index is 5.63. The molecule has 0 aromatic carbocycles. The van der Waals surface area contributed by atoms with Gasteiger partial charge in [-0.05, 0) is 21.4 Å². The van der Waals surface area contributed by atoms with E-state index in [-0.39, 0.29) is 20.7 Å². The van der Waals surface area contributed by atoms with Crippen LogP contribution >= 0.6 is 20.7 Å². The third-order valence-corrected chi connectivity index (χ3v) is 6.35. The van der Waals surface area contributed by atoms with Crippen LogP contribution in [0.15, 0.2) is 11.6 Å². The van der Waals surface area contributed by atoms with Gasteiger partial charge in [0.1, 0.15) is 0 Å². The highest BCUT2D eigenvalue weighted by molar-refractivity contribution is 14.2. The maximum absolute atomic E-state index is 5.63. The van der Waals surface area contributed by atoms with Crippen molar-refractivity contribution in [2.24, 2.45) is 11.1 Å². The maximum Gasteiger partial charge on any atom is 0.0232 e. The monoisotopic (exact) mass is 265 g/mol. The summed E-state index contributed by atoms with van der Waals surface area (Å²) in [5.74, 6) is 0. The van der Waals surface area contributed by atoms with E-state index in [0.717, 1.165) is 6.54 Å². The van der Waals surface area contributed by atoms with Crippen LogP contribution in [0.25, 0.3) is 0 Å². The Balaban J connectivity index is 2.82. The summed E-state index contributed by atoms with van der Waals surface area (Å²) in [6, 6.07) is 0. The van der Waals surface area contributed by atoms with E-state index in [0.29, 0.717) is 5.41 Å². The van der Waals surface area contributed by atoms with Gasteiger partial charge >= 0.3 is 0 Å². The standard InChI is InChI=1S/C9H16IN/c1-7-4-9(2,3)6-10-8(7)5-11/h4H,5-6,11H2,1-3H3. The Bertz CT molecular complexity index is 214. The molecule has 0 aliphatic carbocycles. The van der Waals surface area contributed by atoms with E-state index in [1.807, 2.05) is 0 Å². The highest BCUT2D eigenvalue weighted by Crippen LogP contribution is 2.31. The first-order chi connectivity index (χ1) is 5.05. The molecule has 64 valence electrons. The fourth-order valence-electron chi connectivity index (χ4n) is 1.28. The van der Waals surface area contributed by atoms with Crippen molar-refractivity contribution in [1.29, 1.82) is 0 Å². The first kappa shape index (κ1) is 9.39. The van der Waals surface area contributed by atoms with E-state index >= 15 is 0 Å². The second-order valence-electron chi connectivity index (χ2n) is 3.69. The molecule has 0 fully saturated rings. The zero-order valence-electron chi connectivity index (χ0n) is 7.45. The summed E-state index contributed by atoms with van der Waals surface area (Å²) in [6.07, 6.45) is 2.37. The van der Waals surface area contributed by atoms with Gasteiger partial charge in [0.05, 0.1) is 0 Å². The van der Waals surface area contributed by atoms with Gasteiger partial charge in [0, 0.05) is 11.0 Å². The molecule has 0 saturated carbocycles. The van der Waals surface area contributed by atoms with Crippen LogP contribution < -0.4 is 5.73 Å². The van der Waals surface area contributed by atoms with Crippen LogP contribution in [0.4, 0.5) is 0 Å². The molecule has 1 heterocycles. The van der Waals surface area contributed by atoms with E-state index in [1.54, 1.807) is 3.51 Å². The van der Waals surface area contributed by atoms with E-state index in [9.17, 15) is 0 Å². The number of rotatable bonds is 1. The summed E-state index contributed by atoms with van der Waals surface area (Å²) in [4.78, 5) is 0. The zero-order chi connectivity index (χ0) is 8.48. The SMILES string of the molecule is CC1=CC(C)(C)CI=C1CN. The molecule has 0 atom stereocenters. The van der Waals surface area contributed by atoms with Crippen LogP contribution in [0.2, 0.25) is 0 Å². The molecule has 1 aliphatic rings. The molecule has 0 spiro atoms. The van der Waals surface area contributed by atoms with Crippen LogP contribution in [0, 0.1) is 5.41 Å². The molecule has 0 aromatic heterocycles. The number of hydrogen-bond donors (Lipinski definition) is 1. The Morgan fingerprint density at radius 1 is 1.64 bits per heavy atom. The van der Waals surface area contributed by atoms with E-state index in [2.05, 4.69) is 26.8 Å². The van der Waals surface area contributed by atoms with Crippen molar-refractivity contribution in [3.05, 3.63) is 11.6 Å². The van der Waals surface area contributed by atoms with Gasteiger partial charge in [-0.2, -0.15) is 0 Å². The molecule has 0 amide bonds. The second kappa shape index (κ2) is 3.35. The molecule has 0 aromatic rings. The Morgan fingerprint density at radius 3 is 2.73 bits per heavy atom. The minimum atomic E-state index is 0.242. The van der Waals surface area contributed by atoms with Gasteiger partial charge in [-0.15, -0.1) is 20.7 Å². The van der Waals surface area contributed by atoms with Crippen molar-refractivity contribution in [2.75, 3.05) is 11.0 Å². The summed E-state index contributed by atoms with van der Waals surface area (Å²) >= 11 is 0.242. The van der Waals surface area contributed by atoms with Crippen LogP contribution in [-0.4, -0.2) is 14.5 Å². The van der Waals surface area contributed by atoms with Gasteiger partial charge in [0.2, 0.25) is 0 Å². The summed E-state index contributed by atoms with van der Waals surface area (Å²) in [5.41, 5.74) is 7.53. The molecule has 1 aliphatic heterocycles. The first-order valence-corrected chi connectivity index (χ1v) is 6.50. The Hall–Kier alpha value is 0.300. The summed E-state index contributed by atoms with van der Waals surface area (Å²) in [5, 5.41) is 0. The van der Waals surface area contributed by atoms with Crippen molar-refractivity contribution in [3.8, 4) is 0 Å². The van der Waals surface area contributed by atoms with Crippen molar-refractivity contribution in [1.82, 2.24) is 0 Å². The predicted octanol–water partition coefficient (Wildman–Crippen LogP) is 2.07. The summed E-state index contributed by atoms with van der Waals surface area (Å²) in [7, 11) is 0. The number of alkyl halides is 1. The molecule has 11 heavy (non-hydrogen) atoms. The number of allylic oxidation sites excluding steroid dienone is 1. The molecule has 0 bridgehead atoms. The third kappa shape index (κ3) is 2.37. The molecule has 0 saturated heterocycles. The van der Waals surface area contributed by atoms with Crippen LogP contribution in [0.3, 0.4) is 0 Å². The van der Waals surface area contributed by atoms with Crippen LogP contribution in [0.1, 0.15) is 20.8 Å². The highest BCUT2D eigenvalue weighted by atomic mass is 127. The molecule has 2 N–H and O–H groups in total. The lowest BCUT2D eigenvalue weighted by molar-refractivity contribution is 0.563. The smallest absolute Gasteiger partial charge is 0.0232 e. The topological polar surface area (TPSA) is 26.0 Å². The lowest BCUT2D eigenvalue weighted by Gasteiger charge is -2.24. The van der Waals surface area contributed by atoms with Crippen LogP contribution in [0.5, 0.6) is 0 Å². The van der Waals surface area contributed by atoms with E-state index < -0.39 is 0 Å². The minimum Gasteiger partial charge on any atom is -0.326 e. The number of hydrogen-bond acceptors (Lipinski definition) is 1. The lowest BCUT2D eigenvalue weighted by atomic mass is 9.93. The molecule has 1 rings (SSSR count). The predicted molar refractivity (Wildman–Crippen MR) is 60.5 cm³/mol. The van der Waals surface area contributed by atoms with Crippen LogP contribution in [-0.2, 0) is 0 Å². The quantitative estimate of drug-likeness (QED) is 0.570. The molecule has 2 heteroatoms. The van der Waals surface area contributed by atoms with Gasteiger partial charge < -0.3 is 5.73 Å². The average Bonchev–Trinajstić information content (AvgIpc) is 1.86. The molecular weight excluding hydrogens is 249 g/mol. The molecule has 0 unspecified atom stereocenters. The van der Waals surface area contributed by atoms with Crippen molar-refractivity contribution in [3.63, 3.8) is 0 Å². The van der Waals surface area contributed by atoms with Gasteiger partial charge in [-0.25, -0.2) is 0 Å². The Labute approximate surface area is 78.8 Å². The third-order valence-electron chi connectivity index (χ3n) is 1.79. The van der Waals surface area contributed by atoms with Crippen molar-refractivity contribution < 1.29 is 0 Å². The van der Waals surface area contributed by atoms with Gasteiger partial charge in [0.25, 0.3) is 0 Å². The highest BCUT2D eigenvalue weighted by Gasteiger charge is 2.18. The average molecular weight is 265 g/mol. The van der Waals surface area contributed by atoms with Crippen molar-refractivity contribution in [2.45, 2.75) is 20.8 Å². The number of halogens is 1. The zero-order valence-corrected chi connectivity index (χ0v) is 9.60. The minimum absolute atomic E-state index is 0.242. The van der Waals surface area contributed by atoms with Gasteiger partial charge in [0.15, 0.2) is 0 Å². The Kier molecular flexibility index (Phi) is 2.86. The summed E-state index contributed by atoms with van der Waals surface area (Å²) < 4.78 is 2.90. The first-order valence-electron chi connectivity index (χ1n) is 3.90. The largest absolute Gasteiger partial charge is 0.326 e. The lowest BCUT2D eigenvalue weighted by Crippen LogP contribution is -2.21.